The van der Waals surface area contributed by atoms with E-state index >= 15 is 0 Å². The first kappa shape index (κ1) is 11.7. The maximum atomic E-state index is 12.0. The van der Waals surface area contributed by atoms with E-state index in [0.29, 0.717) is 17.4 Å². The zero-order valence-corrected chi connectivity index (χ0v) is 10.4. The molecule has 0 bridgehead atoms. The second-order valence-corrected chi connectivity index (χ2v) is 5.23. The fraction of sp³-hybridized carbons (Fsp3) is 0.500. The van der Waals surface area contributed by atoms with Gasteiger partial charge in [0, 0.05) is 17.0 Å². The number of carbonyl (C=O) groups excluding carboxylic acids is 1. The van der Waals surface area contributed by atoms with Crippen molar-refractivity contribution in [2.45, 2.75) is 39.0 Å². The number of halogens is 1. The van der Waals surface area contributed by atoms with E-state index in [9.17, 15) is 4.79 Å². The summed E-state index contributed by atoms with van der Waals surface area (Å²) < 4.78 is 0. The van der Waals surface area contributed by atoms with Gasteiger partial charge < -0.3 is 0 Å². The van der Waals surface area contributed by atoms with Crippen molar-refractivity contribution < 1.29 is 4.79 Å². The zero-order chi connectivity index (χ0) is 11.5. The van der Waals surface area contributed by atoms with Crippen LogP contribution >= 0.6 is 11.6 Å². The average Bonchev–Trinajstić information content (AvgIpc) is 2.68. The largest absolute Gasteiger partial charge is 0.294 e. The van der Waals surface area contributed by atoms with Crippen LogP contribution in [0.5, 0.6) is 0 Å². The van der Waals surface area contributed by atoms with Gasteiger partial charge in [-0.25, -0.2) is 0 Å². The summed E-state index contributed by atoms with van der Waals surface area (Å²) in [5.74, 6) is 0.851. The highest BCUT2D eigenvalue weighted by molar-refractivity contribution is 6.31. The predicted molar refractivity (Wildman–Crippen MR) is 67.1 cm³/mol. The Morgan fingerprint density at radius 2 is 2.00 bits per heavy atom. The maximum Gasteiger partial charge on any atom is 0.163 e. The molecule has 1 fully saturated rings. The molecule has 0 heterocycles. The monoisotopic (exact) mass is 236 g/mol. The molecule has 1 aromatic carbocycles. The van der Waals surface area contributed by atoms with Crippen LogP contribution in [0.4, 0.5) is 0 Å². The fourth-order valence-electron chi connectivity index (χ4n) is 2.49. The van der Waals surface area contributed by atoms with Crippen molar-refractivity contribution in [1.82, 2.24) is 0 Å². The molecule has 1 aromatic rings. The van der Waals surface area contributed by atoms with Gasteiger partial charge in [-0.1, -0.05) is 37.3 Å². The van der Waals surface area contributed by atoms with Gasteiger partial charge in [0.15, 0.2) is 5.78 Å². The molecule has 2 rings (SSSR count). The van der Waals surface area contributed by atoms with E-state index in [4.69, 9.17) is 11.6 Å². The van der Waals surface area contributed by atoms with Crippen molar-refractivity contribution >= 4 is 17.4 Å². The van der Waals surface area contributed by atoms with Crippen LogP contribution in [0, 0.1) is 12.8 Å². The Bertz CT molecular complexity index is 371. The van der Waals surface area contributed by atoms with Crippen LogP contribution in [0.15, 0.2) is 18.2 Å². The van der Waals surface area contributed by atoms with Crippen molar-refractivity contribution in [3.05, 3.63) is 34.3 Å². The molecule has 1 aliphatic rings. The molecule has 16 heavy (non-hydrogen) atoms. The van der Waals surface area contributed by atoms with E-state index in [-0.39, 0.29) is 5.78 Å². The van der Waals surface area contributed by atoms with Crippen LogP contribution in [0.3, 0.4) is 0 Å². The summed E-state index contributed by atoms with van der Waals surface area (Å²) in [5.41, 5.74) is 1.83. The van der Waals surface area contributed by atoms with E-state index in [0.717, 1.165) is 11.1 Å². The highest BCUT2D eigenvalue weighted by Crippen LogP contribution is 2.29. The Labute approximate surface area is 102 Å². The minimum atomic E-state index is 0.248. The number of aryl methyl sites for hydroxylation is 1. The van der Waals surface area contributed by atoms with Gasteiger partial charge in [0.05, 0.1) is 0 Å². The second kappa shape index (κ2) is 5.01. The smallest absolute Gasteiger partial charge is 0.163 e. The van der Waals surface area contributed by atoms with Gasteiger partial charge in [0.1, 0.15) is 0 Å². The lowest BCUT2D eigenvalue weighted by Gasteiger charge is -2.08. The molecule has 2 heteroatoms. The average molecular weight is 237 g/mol. The maximum absolute atomic E-state index is 12.0. The molecule has 1 aliphatic carbocycles. The second-order valence-electron chi connectivity index (χ2n) is 4.80. The van der Waals surface area contributed by atoms with Crippen LogP contribution in [0.2, 0.25) is 5.02 Å². The third kappa shape index (κ3) is 2.85. The molecule has 0 spiro atoms. The van der Waals surface area contributed by atoms with Crippen LogP contribution in [0.25, 0.3) is 0 Å². The van der Waals surface area contributed by atoms with E-state index in [2.05, 4.69) is 0 Å². The number of hydrogen-bond donors (Lipinski definition) is 0. The summed E-state index contributed by atoms with van der Waals surface area (Å²) in [7, 11) is 0. The molecule has 0 radical (unpaired) electrons. The number of ketones is 1. The highest BCUT2D eigenvalue weighted by Gasteiger charge is 2.19. The van der Waals surface area contributed by atoms with Gasteiger partial charge in [-0.2, -0.15) is 0 Å². The predicted octanol–water partition coefficient (Wildman–Crippen LogP) is 4.41. The van der Waals surface area contributed by atoms with Gasteiger partial charge in [0.25, 0.3) is 0 Å². The Hall–Kier alpha value is -0.820. The Morgan fingerprint density at radius 3 is 2.62 bits per heavy atom. The third-order valence-electron chi connectivity index (χ3n) is 3.31. The molecule has 0 atom stereocenters. The lowest BCUT2D eigenvalue weighted by Crippen LogP contribution is -2.06. The van der Waals surface area contributed by atoms with E-state index in [1.807, 2.05) is 19.1 Å². The topological polar surface area (TPSA) is 17.1 Å². The molecule has 1 nitrogen and oxygen atoms in total. The number of rotatable bonds is 3. The highest BCUT2D eigenvalue weighted by atomic mass is 35.5. The van der Waals surface area contributed by atoms with Crippen molar-refractivity contribution in [1.29, 1.82) is 0 Å². The molecule has 0 aliphatic heterocycles. The van der Waals surface area contributed by atoms with Gasteiger partial charge in [-0.3, -0.25) is 4.79 Å². The van der Waals surface area contributed by atoms with E-state index in [1.165, 1.54) is 25.7 Å². The summed E-state index contributed by atoms with van der Waals surface area (Å²) >= 11 is 5.96. The minimum absolute atomic E-state index is 0.248. The number of Topliss-reactive ketones (excluding diaryl/α,β-unsaturated/α-hetero) is 1. The van der Waals surface area contributed by atoms with Crippen molar-refractivity contribution in [3.8, 4) is 0 Å². The summed E-state index contributed by atoms with van der Waals surface area (Å²) in [4.78, 5) is 12.0. The molecule has 0 aromatic heterocycles. The third-order valence-corrected chi connectivity index (χ3v) is 3.53. The SMILES string of the molecule is Cc1cc(Cl)cc(C(=O)CC2CCCC2)c1. The molecule has 0 amide bonds. The summed E-state index contributed by atoms with van der Waals surface area (Å²) in [6, 6.07) is 5.60. The molecular formula is C14H17ClO. The zero-order valence-electron chi connectivity index (χ0n) is 9.63. The Kier molecular flexibility index (Phi) is 3.65. The summed E-state index contributed by atoms with van der Waals surface area (Å²) in [6.45, 7) is 1.97. The van der Waals surface area contributed by atoms with Crippen LogP contribution in [0.1, 0.15) is 48.0 Å². The van der Waals surface area contributed by atoms with Crippen molar-refractivity contribution in [2.24, 2.45) is 5.92 Å². The lowest BCUT2D eigenvalue weighted by molar-refractivity contribution is 0.0962. The molecule has 0 unspecified atom stereocenters. The summed E-state index contributed by atoms with van der Waals surface area (Å²) in [6.07, 6.45) is 5.69. The first-order valence-electron chi connectivity index (χ1n) is 5.95. The van der Waals surface area contributed by atoms with Gasteiger partial charge in [-0.05, 0) is 36.6 Å². The van der Waals surface area contributed by atoms with Crippen LogP contribution in [-0.4, -0.2) is 5.78 Å². The van der Waals surface area contributed by atoms with Gasteiger partial charge in [0.2, 0.25) is 0 Å². The molecular weight excluding hydrogens is 220 g/mol. The lowest BCUT2D eigenvalue weighted by atomic mass is 9.96. The van der Waals surface area contributed by atoms with Crippen molar-refractivity contribution in [2.75, 3.05) is 0 Å². The van der Waals surface area contributed by atoms with Crippen LogP contribution in [-0.2, 0) is 0 Å². The van der Waals surface area contributed by atoms with E-state index in [1.54, 1.807) is 6.07 Å². The summed E-state index contributed by atoms with van der Waals surface area (Å²) in [5, 5.41) is 0.662. The number of carbonyl (C=O) groups is 1. The van der Waals surface area contributed by atoms with Gasteiger partial charge in [-0.15, -0.1) is 0 Å². The number of hydrogen-bond acceptors (Lipinski definition) is 1. The minimum Gasteiger partial charge on any atom is -0.294 e. The number of benzene rings is 1. The van der Waals surface area contributed by atoms with Gasteiger partial charge >= 0.3 is 0 Å². The molecule has 1 saturated carbocycles. The normalized spacial score (nSPS) is 16.6. The quantitative estimate of drug-likeness (QED) is 0.711. The Balaban J connectivity index is 2.07. The first-order valence-corrected chi connectivity index (χ1v) is 6.33. The van der Waals surface area contributed by atoms with Crippen LogP contribution < -0.4 is 0 Å². The first-order chi connectivity index (χ1) is 7.65. The molecule has 0 N–H and O–H groups in total. The Morgan fingerprint density at radius 1 is 1.31 bits per heavy atom. The van der Waals surface area contributed by atoms with Crippen molar-refractivity contribution in [3.63, 3.8) is 0 Å². The van der Waals surface area contributed by atoms with E-state index < -0.39 is 0 Å². The molecule has 86 valence electrons. The molecule has 0 saturated heterocycles. The standard InChI is InChI=1S/C14H17ClO/c1-10-6-12(9-13(15)7-10)14(16)8-11-4-2-3-5-11/h6-7,9,11H,2-5,8H2,1H3. The fourth-order valence-corrected chi connectivity index (χ4v) is 2.78.